The van der Waals surface area contributed by atoms with Crippen LogP contribution in [0.1, 0.15) is 57.2 Å². The maximum Gasteiger partial charge on any atom is 0.119 e. The van der Waals surface area contributed by atoms with Gasteiger partial charge in [-0.25, -0.2) is 0 Å². The summed E-state index contributed by atoms with van der Waals surface area (Å²) in [6.45, 7) is 8.51. The quantitative estimate of drug-likeness (QED) is 0.832. The first-order chi connectivity index (χ1) is 9.20. The molecule has 0 radical (unpaired) electrons. The number of nitrogens with one attached hydrogen (secondary N) is 1. The third-order valence-corrected chi connectivity index (χ3v) is 3.84. The molecule has 0 saturated heterocycles. The molecule has 1 aliphatic rings. The van der Waals surface area contributed by atoms with Crippen LogP contribution in [0.25, 0.3) is 0 Å². The first-order valence-corrected chi connectivity index (χ1v) is 7.69. The van der Waals surface area contributed by atoms with E-state index >= 15 is 0 Å². The van der Waals surface area contributed by atoms with Gasteiger partial charge in [-0.2, -0.15) is 0 Å². The van der Waals surface area contributed by atoms with E-state index in [9.17, 15) is 0 Å². The molecule has 1 aromatic rings. The lowest BCUT2D eigenvalue weighted by Crippen LogP contribution is -2.24. The van der Waals surface area contributed by atoms with Crippen molar-refractivity contribution in [2.75, 3.05) is 13.2 Å². The highest BCUT2D eigenvalue weighted by Gasteiger charge is 2.19. The summed E-state index contributed by atoms with van der Waals surface area (Å²) in [4.78, 5) is 0. The van der Waals surface area contributed by atoms with Crippen LogP contribution in [-0.2, 0) is 6.42 Å². The van der Waals surface area contributed by atoms with Crippen molar-refractivity contribution in [1.82, 2.24) is 5.32 Å². The van der Waals surface area contributed by atoms with Gasteiger partial charge in [0.2, 0.25) is 0 Å². The maximum atomic E-state index is 5.86. The summed E-state index contributed by atoms with van der Waals surface area (Å²) in [6, 6.07) is 7.18. The third kappa shape index (κ3) is 3.97. The van der Waals surface area contributed by atoms with Gasteiger partial charge < -0.3 is 10.1 Å². The van der Waals surface area contributed by atoms with Crippen molar-refractivity contribution in [2.45, 2.75) is 52.5 Å². The molecule has 2 nitrogen and oxygen atoms in total. The smallest absolute Gasteiger partial charge is 0.119 e. The van der Waals surface area contributed by atoms with Gasteiger partial charge in [0, 0.05) is 6.04 Å². The molecule has 2 rings (SSSR count). The summed E-state index contributed by atoms with van der Waals surface area (Å²) in [5, 5.41) is 3.58. The molecular formula is C17H27NO. The van der Waals surface area contributed by atoms with E-state index < -0.39 is 0 Å². The Bertz CT molecular complexity index is 400. The van der Waals surface area contributed by atoms with Crippen molar-refractivity contribution in [1.29, 1.82) is 0 Å². The fourth-order valence-corrected chi connectivity index (χ4v) is 2.75. The summed E-state index contributed by atoms with van der Waals surface area (Å²) in [5.74, 6) is 1.74. The van der Waals surface area contributed by atoms with Gasteiger partial charge in [0.05, 0.1) is 6.61 Å². The maximum absolute atomic E-state index is 5.86. The van der Waals surface area contributed by atoms with Crippen LogP contribution in [0, 0.1) is 5.92 Å². The van der Waals surface area contributed by atoms with E-state index in [1.54, 1.807) is 0 Å². The number of benzene rings is 1. The average Bonchev–Trinajstić information content (AvgIpc) is 2.39. The molecule has 0 amide bonds. The van der Waals surface area contributed by atoms with Crippen LogP contribution in [0.15, 0.2) is 18.2 Å². The van der Waals surface area contributed by atoms with E-state index in [1.165, 1.54) is 30.4 Å². The molecule has 0 saturated carbocycles. The zero-order valence-electron chi connectivity index (χ0n) is 12.5. The average molecular weight is 261 g/mol. The molecule has 0 aromatic heterocycles. The SMILES string of the molecule is CCNC1CCCc2cc(OCCC(C)C)ccc21. The zero-order valence-corrected chi connectivity index (χ0v) is 12.5. The summed E-state index contributed by atoms with van der Waals surface area (Å²) in [5.41, 5.74) is 2.95. The van der Waals surface area contributed by atoms with Crippen LogP contribution in [-0.4, -0.2) is 13.2 Å². The first kappa shape index (κ1) is 14.4. The van der Waals surface area contributed by atoms with Crippen LogP contribution in [0.2, 0.25) is 0 Å². The highest BCUT2D eigenvalue weighted by atomic mass is 16.5. The number of hydrogen-bond donors (Lipinski definition) is 1. The summed E-state index contributed by atoms with van der Waals surface area (Å²) in [7, 11) is 0. The lowest BCUT2D eigenvalue weighted by molar-refractivity contribution is 0.289. The highest BCUT2D eigenvalue weighted by Crippen LogP contribution is 2.32. The van der Waals surface area contributed by atoms with Crippen LogP contribution in [0.4, 0.5) is 0 Å². The second-order valence-electron chi connectivity index (χ2n) is 5.89. The Morgan fingerprint density at radius 2 is 2.21 bits per heavy atom. The molecule has 1 N–H and O–H groups in total. The van der Waals surface area contributed by atoms with Crippen LogP contribution >= 0.6 is 0 Å². The Balaban J connectivity index is 2.02. The third-order valence-electron chi connectivity index (χ3n) is 3.84. The number of rotatable bonds is 6. The number of aryl methyl sites for hydroxylation is 1. The predicted octanol–water partition coefficient (Wildman–Crippen LogP) is 4.10. The van der Waals surface area contributed by atoms with Gasteiger partial charge in [0.1, 0.15) is 5.75 Å². The molecule has 0 aliphatic heterocycles. The molecule has 1 aliphatic carbocycles. The topological polar surface area (TPSA) is 21.3 Å². The zero-order chi connectivity index (χ0) is 13.7. The van der Waals surface area contributed by atoms with Crippen molar-refractivity contribution in [3.05, 3.63) is 29.3 Å². The van der Waals surface area contributed by atoms with E-state index in [2.05, 4.69) is 44.3 Å². The molecule has 0 fully saturated rings. The van der Waals surface area contributed by atoms with E-state index in [1.807, 2.05) is 0 Å². The Morgan fingerprint density at radius 1 is 1.37 bits per heavy atom. The van der Waals surface area contributed by atoms with Gasteiger partial charge >= 0.3 is 0 Å². The summed E-state index contributed by atoms with van der Waals surface area (Å²) >= 11 is 0. The predicted molar refractivity (Wildman–Crippen MR) is 80.7 cm³/mol. The lowest BCUT2D eigenvalue weighted by atomic mass is 9.87. The molecular weight excluding hydrogens is 234 g/mol. The van der Waals surface area contributed by atoms with Gasteiger partial charge in [-0.05, 0) is 61.4 Å². The second-order valence-corrected chi connectivity index (χ2v) is 5.89. The standard InChI is InChI=1S/C17H27NO/c1-4-18-17-7-5-6-14-12-15(8-9-16(14)17)19-11-10-13(2)3/h8-9,12-13,17-18H,4-7,10-11H2,1-3H3. The summed E-state index contributed by atoms with van der Waals surface area (Å²) < 4.78 is 5.86. The van der Waals surface area contributed by atoms with Crippen molar-refractivity contribution in [3.63, 3.8) is 0 Å². The Kier molecular flexibility index (Phi) is 5.26. The minimum absolute atomic E-state index is 0.540. The molecule has 0 bridgehead atoms. The molecule has 0 heterocycles. The largest absolute Gasteiger partial charge is 0.494 e. The monoisotopic (exact) mass is 261 g/mol. The molecule has 1 atom stereocenters. The van der Waals surface area contributed by atoms with Gasteiger partial charge in [-0.3, -0.25) is 0 Å². The normalized spacial score (nSPS) is 18.4. The molecule has 2 heteroatoms. The van der Waals surface area contributed by atoms with E-state index in [4.69, 9.17) is 4.74 Å². The van der Waals surface area contributed by atoms with Crippen molar-refractivity contribution in [3.8, 4) is 5.75 Å². The Morgan fingerprint density at radius 3 is 2.95 bits per heavy atom. The van der Waals surface area contributed by atoms with Gasteiger partial charge in [0.25, 0.3) is 0 Å². The van der Waals surface area contributed by atoms with Crippen LogP contribution in [0.5, 0.6) is 5.75 Å². The van der Waals surface area contributed by atoms with Gasteiger partial charge in [-0.1, -0.05) is 26.8 Å². The van der Waals surface area contributed by atoms with Crippen LogP contribution < -0.4 is 10.1 Å². The van der Waals surface area contributed by atoms with E-state index in [0.717, 1.165) is 25.3 Å². The van der Waals surface area contributed by atoms with Crippen molar-refractivity contribution >= 4 is 0 Å². The van der Waals surface area contributed by atoms with E-state index in [-0.39, 0.29) is 0 Å². The molecule has 106 valence electrons. The summed E-state index contributed by atoms with van der Waals surface area (Å²) in [6.07, 6.45) is 4.85. The second kappa shape index (κ2) is 6.95. The van der Waals surface area contributed by atoms with Crippen molar-refractivity contribution < 1.29 is 4.74 Å². The first-order valence-electron chi connectivity index (χ1n) is 7.69. The van der Waals surface area contributed by atoms with Gasteiger partial charge in [-0.15, -0.1) is 0 Å². The minimum Gasteiger partial charge on any atom is -0.494 e. The van der Waals surface area contributed by atoms with Crippen molar-refractivity contribution in [2.24, 2.45) is 5.92 Å². The minimum atomic E-state index is 0.540. The Labute approximate surface area is 117 Å². The fraction of sp³-hybridized carbons (Fsp3) is 0.647. The number of fused-ring (bicyclic) bond motifs is 1. The lowest BCUT2D eigenvalue weighted by Gasteiger charge is -2.26. The number of ether oxygens (including phenoxy) is 1. The van der Waals surface area contributed by atoms with E-state index in [0.29, 0.717) is 12.0 Å². The molecule has 19 heavy (non-hydrogen) atoms. The molecule has 0 spiro atoms. The fourth-order valence-electron chi connectivity index (χ4n) is 2.75. The number of hydrogen-bond acceptors (Lipinski definition) is 2. The Hall–Kier alpha value is -1.02. The van der Waals surface area contributed by atoms with Crippen LogP contribution in [0.3, 0.4) is 0 Å². The highest BCUT2D eigenvalue weighted by molar-refractivity contribution is 5.39. The molecule has 1 unspecified atom stereocenters. The van der Waals surface area contributed by atoms with Gasteiger partial charge in [0.15, 0.2) is 0 Å². The molecule has 1 aromatic carbocycles.